The van der Waals surface area contributed by atoms with Gasteiger partial charge in [0.1, 0.15) is 11.3 Å². The third-order valence-electron chi connectivity index (χ3n) is 4.11. The Morgan fingerprint density at radius 2 is 2.14 bits per heavy atom. The van der Waals surface area contributed by atoms with E-state index in [0.29, 0.717) is 12.8 Å². The molecule has 1 aliphatic rings. The van der Waals surface area contributed by atoms with E-state index in [-0.39, 0.29) is 0 Å². The molecule has 0 saturated carbocycles. The van der Waals surface area contributed by atoms with E-state index < -0.39 is 11.5 Å². The fraction of sp³-hybridized carbons (Fsp3) is 0.562. The molecular formula is C16H24N2O3. The number of carboxylic acids is 1. The van der Waals surface area contributed by atoms with E-state index in [1.54, 1.807) is 7.11 Å². The van der Waals surface area contributed by atoms with Gasteiger partial charge >= 0.3 is 5.97 Å². The number of nitrogens with zero attached hydrogens (tertiary/aromatic N) is 1. The van der Waals surface area contributed by atoms with E-state index in [0.717, 1.165) is 37.5 Å². The Morgan fingerprint density at radius 1 is 1.43 bits per heavy atom. The van der Waals surface area contributed by atoms with Crippen molar-refractivity contribution in [2.24, 2.45) is 0 Å². The molecule has 2 N–H and O–H groups in total. The minimum Gasteiger partial charge on any atom is -0.497 e. The van der Waals surface area contributed by atoms with Gasteiger partial charge in [-0.3, -0.25) is 0 Å². The summed E-state index contributed by atoms with van der Waals surface area (Å²) in [5.41, 5.74) is -0.0861. The van der Waals surface area contributed by atoms with E-state index in [4.69, 9.17) is 4.74 Å². The van der Waals surface area contributed by atoms with Crippen molar-refractivity contribution in [2.45, 2.75) is 31.7 Å². The van der Waals surface area contributed by atoms with Crippen molar-refractivity contribution < 1.29 is 14.6 Å². The quantitative estimate of drug-likeness (QED) is 0.843. The van der Waals surface area contributed by atoms with E-state index in [9.17, 15) is 9.90 Å². The molecule has 2 rings (SSSR count). The van der Waals surface area contributed by atoms with Crippen molar-refractivity contribution in [1.29, 1.82) is 0 Å². The molecule has 0 aromatic heterocycles. The first-order chi connectivity index (χ1) is 10.1. The number of piperidine rings is 1. The standard InChI is InChI=1S/C16H24N2O3/c1-3-9-18-10-7-16(8-11-18,15(19)20)17-13-5-4-6-14(12-13)21-2/h4-6,12,17H,3,7-11H2,1-2H3,(H,19,20). The molecule has 0 bridgehead atoms. The van der Waals surface area contributed by atoms with E-state index in [1.807, 2.05) is 24.3 Å². The maximum atomic E-state index is 11.8. The number of anilines is 1. The third kappa shape index (κ3) is 3.67. The Bertz CT molecular complexity index is 482. The van der Waals surface area contributed by atoms with Crippen molar-refractivity contribution in [3.63, 3.8) is 0 Å². The average molecular weight is 292 g/mol. The van der Waals surface area contributed by atoms with Gasteiger partial charge in [-0.25, -0.2) is 4.79 Å². The van der Waals surface area contributed by atoms with Crippen LogP contribution in [0.25, 0.3) is 0 Å². The molecule has 0 spiro atoms. The highest BCUT2D eigenvalue weighted by Crippen LogP contribution is 2.29. The number of hydrogen-bond acceptors (Lipinski definition) is 4. The van der Waals surface area contributed by atoms with Crippen molar-refractivity contribution in [3.8, 4) is 5.75 Å². The highest BCUT2D eigenvalue weighted by Gasteiger charge is 2.41. The third-order valence-corrected chi connectivity index (χ3v) is 4.11. The molecule has 21 heavy (non-hydrogen) atoms. The van der Waals surface area contributed by atoms with Crippen LogP contribution in [0.1, 0.15) is 26.2 Å². The van der Waals surface area contributed by atoms with Crippen LogP contribution in [-0.2, 0) is 4.79 Å². The summed E-state index contributed by atoms with van der Waals surface area (Å²) in [6.45, 7) is 4.82. The van der Waals surface area contributed by atoms with E-state index in [1.165, 1.54) is 0 Å². The van der Waals surface area contributed by atoms with E-state index in [2.05, 4.69) is 17.1 Å². The monoisotopic (exact) mass is 292 g/mol. The van der Waals surface area contributed by atoms with Gasteiger partial charge in [0.2, 0.25) is 0 Å². The smallest absolute Gasteiger partial charge is 0.329 e. The van der Waals surface area contributed by atoms with Gasteiger partial charge in [0.25, 0.3) is 0 Å². The average Bonchev–Trinajstić information content (AvgIpc) is 2.49. The Kier molecular flexibility index (Phi) is 5.07. The van der Waals surface area contributed by atoms with Crippen molar-refractivity contribution in [2.75, 3.05) is 32.1 Å². The fourth-order valence-electron chi connectivity index (χ4n) is 2.84. The highest BCUT2D eigenvalue weighted by atomic mass is 16.5. The van der Waals surface area contributed by atoms with Gasteiger partial charge in [0.15, 0.2) is 0 Å². The number of carbonyl (C=O) groups is 1. The minimum absolute atomic E-state index is 0.611. The number of aliphatic carboxylic acids is 1. The molecular weight excluding hydrogens is 268 g/mol. The minimum atomic E-state index is -0.878. The summed E-state index contributed by atoms with van der Waals surface area (Å²) in [4.78, 5) is 14.1. The summed E-state index contributed by atoms with van der Waals surface area (Å²) in [6, 6.07) is 7.43. The normalized spacial score (nSPS) is 18.2. The Morgan fingerprint density at radius 3 is 2.71 bits per heavy atom. The maximum Gasteiger partial charge on any atom is 0.329 e. The largest absolute Gasteiger partial charge is 0.497 e. The number of nitrogens with one attached hydrogen (secondary N) is 1. The lowest BCUT2D eigenvalue weighted by molar-refractivity contribution is -0.144. The molecule has 1 aliphatic heterocycles. The first-order valence-corrected chi connectivity index (χ1v) is 7.47. The van der Waals surface area contributed by atoms with Crippen LogP contribution in [0.5, 0.6) is 5.75 Å². The molecule has 0 radical (unpaired) electrons. The van der Waals surface area contributed by atoms with Crippen LogP contribution in [0.4, 0.5) is 5.69 Å². The summed E-state index contributed by atoms with van der Waals surface area (Å²) in [5.74, 6) is -0.0505. The molecule has 1 aromatic rings. The summed E-state index contributed by atoms with van der Waals surface area (Å²) in [6.07, 6.45) is 2.32. The van der Waals surface area contributed by atoms with Crippen LogP contribution >= 0.6 is 0 Å². The zero-order valence-electron chi connectivity index (χ0n) is 12.8. The molecule has 1 aromatic carbocycles. The van der Waals surface area contributed by atoms with Gasteiger partial charge in [-0.05, 0) is 37.9 Å². The second-order valence-corrected chi connectivity index (χ2v) is 5.59. The van der Waals surface area contributed by atoms with Crippen molar-refractivity contribution in [3.05, 3.63) is 24.3 Å². The molecule has 5 nitrogen and oxygen atoms in total. The second-order valence-electron chi connectivity index (χ2n) is 5.59. The number of ether oxygens (including phenoxy) is 1. The Hall–Kier alpha value is -1.75. The van der Waals surface area contributed by atoms with Gasteiger partial charge in [-0.1, -0.05) is 13.0 Å². The molecule has 1 heterocycles. The Labute approximate surface area is 125 Å². The first kappa shape index (κ1) is 15.6. The van der Waals surface area contributed by atoms with Gasteiger partial charge in [0.05, 0.1) is 7.11 Å². The lowest BCUT2D eigenvalue weighted by Gasteiger charge is -2.40. The van der Waals surface area contributed by atoms with Gasteiger partial charge < -0.3 is 20.1 Å². The zero-order valence-corrected chi connectivity index (χ0v) is 12.8. The number of likely N-dealkylation sites (tertiary alicyclic amines) is 1. The van der Waals surface area contributed by atoms with Gasteiger partial charge in [-0.15, -0.1) is 0 Å². The van der Waals surface area contributed by atoms with Crippen LogP contribution in [0.3, 0.4) is 0 Å². The molecule has 5 heteroatoms. The lowest BCUT2D eigenvalue weighted by atomic mass is 9.87. The van der Waals surface area contributed by atoms with E-state index >= 15 is 0 Å². The van der Waals surface area contributed by atoms with Crippen LogP contribution in [0.2, 0.25) is 0 Å². The second kappa shape index (κ2) is 6.80. The van der Waals surface area contributed by atoms with Crippen molar-refractivity contribution >= 4 is 11.7 Å². The van der Waals surface area contributed by atoms with Gasteiger partial charge in [-0.2, -0.15) is 0 Å². The molecule has 0 unspecified atom stereocenters. The molecule has 0 aliphatic carbocycles. The first-order valence-electron chi connectivity index (χ1n) is 7.47. The number of carboxylic acid groups (broad SMARTS) is 1. The zero-order chi connectivity index (χ0) is 15.3. The predicted octanol–water partition coefficient (Wildman–Crippen LogP) is 2.44. The summed E-state index contributed by atoms with van der Waals surface area (Å²) >= 11 is 0. The van der Waals surface area contributed by atoms with Gasteiger partial charge in [0, 0.05) is 24.8 Å². The molecule has 1 fully saturated rings. The lowest BCUT2D eigenvalue weighted by Crippen LogP contribution is -2.54. The SMILES string of the molecule is CCCN1CCC(Nc2cccc(OC)c2)(C(=O)O)CC1. The summed E-state index contributed by atoms with van der Waals surface area (Å²) in [5, 5.41) is 12.9. The van der Waals surface area contributed by atoms with Crippen LogP contribution in [0.15, 0.2) is 24.3 Å². The van der Waals surface area contributed by atoms with Crippen LogP contribution in [-0.4, -0.2) is 48.3 Å². The number of benzene rings is 1. The maximum absolute atomic E-state index is 11.8. The number of methoxy groups -OCH3 is 1. The molecule has 0 amide bonds. The number of hydrogen-bond donors (Lipinski definition) is 2. The molecule has 116 valence electrons. The summed E-state index contributed by atoms with van der Waals surface area (Å²) < 4.78 is 5.19. The highest BCUT2D eigenvalue weighted by molar-refractivity contribution is 5.83. The topological polar surface area (TPSA) is 61.8 Å². The predicted molar refractivity (Wildman–Crippen MR) is 82.9 cm³/mol. The Balaban J connectivity index is 2.11. The van der Waals surface area contributed by atoms with Crippen LogP contribution in [0, 0.1) is 0 Å². The van der Waals surface area contributed by atoms with Crippen molar-refractivity contribution in [1.82, 2.24) is 4.90 Å². The van der Waals surface area contributed by atoms with Crippen LogP contribution < -0.4 is 10.1 Å². The fourth-order valence-corrected chi connectivity index (χ4v) is 2.84. The number of rotatable bonds is 6. The molecule has 0 atom stereocenters. The molecule has 1 saturated heterocycles. The summed E-state index contributed by atoms with van der Waals surface area (Å²) in [7, 11) is 1.61.